The Hall–Kier alpha value is -3.85. The van der Waals surface area contributed by atoms with Gasteiger partial charge in [0.1, 0.15) is 12.6 Å². The second kappa shape index (κ2) is 15.4. The number of hydrogen-bond acceptors (Lipinski definition) is 4. The Morgan fingerprint density at radius 1 is 0.822 bits per heavy atom. The van der Waals surface area contributed by atoms with E-state index in [0.29, 0.717) is 27.7 Å². The molecule has 7 nitrogen and oxygen atoms in total. The lowest BCUT2D eigenvalue weighted by molar-refractivity contribution is -0.140. The predicted molar refractivity (Wildman–Crippen MR) is 181 cm³/mol. The van der Waals surface area contributed by atoms with Gasteiger partial charge in [-0.3, -0.25) is 13.9 Å². The van der Waals surface area contributed by atoms with E-state index < -0.39 is 28.5 Å². The van der Waals surface area contributed by atoms with Gasteiger partial charge in [0.15, 0.2) is 0 Å². The van der Waals surface area contributed by atoms with E-state index in [-0.39, 0.29) is 29.8 Å². The summed E-state index contributed by atoms with van der Waals surface area (Å²) < 4.78 is 29.5. The molecule has 0 fully saturated rings. The van der Waals surface area contributed by atoms with Crippen molar-refractivity contribution < 1.29 is 18.0 Å². The first-order valence-corrected chi connectivity index (χ1v) is 16.9. The monoisotopic (exact) mass is 665 g/mol. The zero-order chi connectivity index (χ0) is 32.6. The van der Waals surface area contributed by atoms with Gasteiger partial charge >= 0.3 is 0 Å². The minimum Gasteiger partial charge on any atom is -0.352 e. The number of amides is 2. The molecule has 0 saturated heterocycles. The second-order valence-electron chi connectivity index (χ2n) is 10.9. The number of anilines is 1. The second-order valence-corrected chi connectivity index (χ2v) is 13.6. The Kier molecular flexibility index (Phi) is 11.7. The molecule has 45 heavy (non-hydrogen) atoms. The molecular weight excluding hydrogens is 629 g/mol. The average Bonchev–Trinajstić information content (AvgIpc) is 3.02. The molecule has 4 rings (SSSR count). The van der Waals surface area contributed by atoms with Gasteiger partial charge in [-0.2, -0.15) is 0 Å². The summed E-state index contributed by atoms with van der Waals surface area (Å²) in [7, 11) is -4.18. The van der Waals surface area contributed by atoms with Crippen LogP contribution in [0.1, 0.15) is 37.5 Å². The Bertz CT molecular complexity index is 1720. The summed E-state index contributed by atoms with van der Waals surface area (Å²) in [6.07, 6.45) is 0.746. The van der Waals surface area contributed by atoms with E-state index in [1.54, 1.807) is 48.5 Å². The number of rotatable bonds is 13. The van der Waals surface area contributed by atoms with Gasteiger partial charge in [0.25, 0.3) is 10.0 Å². The fourth-order valence-electron chi connectivity index (χ4n) is 5.05. The van der Waals surface area contributed by atoms with Crippen molar-refractivity contribution in [3.63, 3.8) is 0 Å². The molecule has 0 aliphatic carbocycles. The van der Waals surface area contributed by atoms with Crippen LogP contribution in [0.25, 0.3) is 0 Å². The third-order valence-electron chi connectivity index (χ3n) is 7.31. The fraction of sp³-hybridized carbons (Fsp3) is 0.257. The Labute approximate surface area is 275 Å². The normalized spacial score (nSPS) is 12.0. The van der Waals surface area contributed by atoms with Gasteiger partial charge in [-0.25, -0.2) is 8.42 Å². The molecule has 0 spiro atoms. The Balaban J connectivity index is 1.85. The van der Waals surface area contributed by atoms with E-state index in [1.807, 2.05) is 63.2 Å². The largest absolute Gasteiger partial charge is 0.352 e. The van der Waals surface area contributed by atoms with Crippen molar-refractivity contribution >= 4 is 50.7 Å². The first kappa shape index (κ1) is 34.0. The van der Waals surface area contributed by atoms with Crippen LogP contribution in [0.4, 0.5) is 5.69 Å². The number of sulfonamides is 1. The van der Waals surface area contributed by atoms with Crippen molar-refractivity contribution in [3.8, 4) is 0 Å². The minimum atomic E-state index is -4.18. The third kappa shape index (κ3) is 8.66. The third-order valence-corrected chi connectivity index (χ3v) is 9.67. The van der Waals surface area contributed by atoms with Gasteiger partial charge in [-0.15, -0.1) is 0 Å². The summed E-state index contributed by atoms with van der Waals surface area (Å²) >= 11 is 12.7. The molecule has 1 N–H and O–H groups in total. The van der Waals surface area contributed by atoms with Gasteiger partial charge < -0.3 is 10.2 Å². The van der Waals surface area contributed by atoms with Crippen LogP contribution in [0.15, 0.2) is 108 Å². The smallest absolute Gasteiger partial charge is 0.264 e. The average molecular weight is 667 g/mol. The number of para-hydroxylation sites is 1. The highest BCUT2D eigenvalue weighted by molar-refractivity contribution is 7.92. The lowest BCUT2D eigenvalue weighted by Gasteiger charge is -2.34. The molecule has 0 radical (unpaired) electrons. The molecule has 2 amide bonds. The molecular formula is C35H37Cl2N3O4S. The van der Waals surface area contributed by atoms with Crippen LogP contribution in [0, 0.1) is 0 Å². The first-order chi connectivity index (χ1) is 21.5. The summed E-state index contributed by atoms with van der Waals surface area (Å²) in [5.41, 5.74) is 2.56. The number of carbonyl (C=O) groups is 2. The van der Waals surface area contributed by atoms with Crippen LogP contribution in [-0.2, 0) is 39.0 Å². The van der Waals surface area contributed by atoms with E-state index in [4.69, 9.17) is 23.2 Å². The number of aryl methyl sites for hydroxylation is 1. The van der Waals surface area contributed by atoms with E-state index in [9.17, 15) is 18.0 Å². The topological polar surface area (TPSA) is 86.8 Å². The Morgan fingerprint density at radius 3 is 2.07 bits per heavy atom. The lowest BCUT2D eigenvalue weighted by atomic mass is 10.0. The number of nitrogens with zero attached hydrogens (tertiary/aromatic N) is 2. The SMILES string of the molecule is CCc1ccccc1N(CC(=O)N(Cc1ccc(Cl)cc1Cl)C(Cc1ccccc1)C(=O)NC(C)C)S(=O)(=O)c1ccccc1. The van der Waals surface area contributed by atoms with Gasteiger partial charge in [0.2, 0.25) is 11.8 Å². The number of benzene rings is 4. The molecule has 0 heterocycles. The molecule has 4 aromatic rings. The zero-order valence-electron chi connectivity index (χ0n) is 25.5. The van der Waals surface area contributed by atoms with Crippen molar-refractivity contribution in [2.45, 2.75) is 57.1 Å². The molecule has 0 saturated carbocycles. The summed E-state index contributed by atoms with van der Waals surface area (Å²) in [4.78, 5) is 29.9. The standard InChI is InChI=1S/C35H37Cl2N3O4S/c1-4-27-15-11-12-18-32(27)40(45(43,44)30-16-9-6-10-17-30)24-34(41)39(23-28-19-20-29(36)22-31(28)37)33(35(42)38-25(2)3)21-26-13-7-5-8-14-26/h5-20,22,25,33H,4,21,23-24H2,1-3H3,(H,38,42). The van der Waals surface area contributed by atoms with Crippen molar-refractivity contribution in [1.29, 1.82) is 0 Å². The summed E-state index contributed by atoms with van der Waals surface area (Å²) in [6.45, 7) is 5.02. The van der Waals surface area contributed by atoms with Crippen LogP contribution < -0.4 is 9.62 Å². The molecule has 10 heteroatoms. The van der Waals surface area contributed by atoms with E-state index in [1.165, 1.54) is 17.0 Å². The molecule has 0 aliphatic heterocycles. The molecule has 0 bridgehead atoms. The van der Waals surface area contributed by atoms with Crippen LogP contribution in [0.2, 0.25) is 10.0 Å². The van der Waals surface area contributed by atoms with Crippen LogP contribution in [0.3, 0.4) is 0 Å². The lowest BCUT2D eigenvalue weighted by Crippen LogP contribution is -2.54. The van der Waals surface area contributed by atoms with E-state index in [0.717, 1.165) is 15.4 Å². The Morgan fingerprint density at radius 2 is 1.44 bits per heavy atom. The number of halogens is 2. The maximum atomic E-state index is 14.6. The van der Waals surface area contributed by atoms with Crippen LogP contribution in [0.5, 0.6) is 0 Å². The van der Waals surface area contributed by atoms with Gasteiger partial charge in [-0.1, -0.05) is 103 Å². The summed E-state index contributed by atoms with van der Waals surface area (Å²) in [5, 5.41) is 3.70. The quantitative estimate of drug-likeness (QED) is 0.168. The number of hydrogen-bond donors (Lipinski definition) is 1. The van der Waals surface area contributed by atoms with E-state index in [2.05, 4.69) is 5.32 Å². The van der Waals surface area contributed by atoms with Crippen molar-refractivity contribution in [2.24, 2.45) is 0 Å². The maximum Gasteiger partial charge on any atom is 0.264 e. The summed E-state index contributed by atoms with van der Waals surface area (Å²) in [5.74, 6) is -0.926. The molecule has 1 unspecified atom stereocenters. The zero-order valence-corrected chi connectivity index (χ0v) is 27.8. The van der Waals surface area contributed by atoms with Gasteiger partial charge in [0, 0.05) is 29.1 Å². The van der Waals surface area contributed by atoms with Crippen LogP contribution >= 0.6 is 23.2 Å². The van der Waals surface area contributed by atoms with Crippen molar-refractivity contribution in [2.75, 3.05) is 10.8 Å². The van der Waals surface area contributed by atoms with Gasteiger partial charge in [-0.05, 0) is 67.3 Å². The highest BCUT2D eigenvalue weighted by atomic mass is 35.5. The molecule has 236 valence electrons. The molecule has 0 aliphatic rings. The maximum absolute atomic E-state index is 14.6. The van der Waals surface area contributed by atoms with Crippen molar-refractivity contribution in [3.05, 3.63) is 130 Å². The highest BCUT2D eigenvalue weighted by Crippen LogP contribution is 2.29. The van der Waals surface area contributed by atoms with E-state index >= 15 is 0 Å². The predicted octanol–water partition coefficient (Wildman–Crippen LogP) is 6.92. The number of nitrogens with one attached hydrogen (secondary N) is 1. The summed E-state index contributed by atoms with van der Waals surface area (Å²) in [6, 6.07) is 28.3. The minimum absolute atomic E-state index is 0.0491. The van der Waals surface area contributed by atoms with Gasteiger partial charge in [0.05, 0.1) is 10.6 Å². The first-order valence-electron chi connectivity index (χ1n) is 14.7. The molecule has 4 aromatic carbocycles. The molecule has 1 atom stereocenters. The van der Waals surface area contributed by atoms with Crippen molar-refractivity contribution in [1.82, 2.24) is 10.2 Å². The number of carbonyl (C=O) groups excluding carboxylic acids is 2. The highest BCUT2D eigenvalue weighted by Gasteiger charge is 2.35. The van der Waals surface area contributed by atoms with Crippen LogP contribution in [-0.4, -0.2) is 43.8 Å². The fourth-order valence-corrected chi connectivity index (χ4v) is 7.00. The molecule has 0 aromatic heterocycles.